The highest BCUT2D eigenvalue weighted by atomic mass is 16.5. The molecule has 1 N–H and O–H groups in total. The summed E-state index contributed by atoms with van der Waals surface area (Å²) < 4.78 is 4.84. The Balaban J connectivity index is 2.30. The number of hydrogen-bond acceptors (Lipinski definition) is 5. The zero-order valence-corrected chi connectivity index (χ0v) is 13.5. The van der Waals surface area contributed by atoms with Crippen LogP contribution in [0.5, 0.6) is 0 Å². The number of nitrogens with one attached hydrogen (secondary N) is 1. The van der Waals surface area contributed by atoms with Gasteiger partial charge in [0.15, 0.2) is 0 Å². The quantitative estimate of drug-likeness (QED) is 0.673. The van der Waals surface area contributed by atoms with Crippen LogP contribution in [-0.4, -0.2) is 74.2 Å². The Morgan fingerprint density at radius 2 is 1.90 bits per heavy atom. The molecule has 0 saturated carbocycles. The first kappa shape index (κ1) is 17.4. The number of hydrogen-bond donors (Lipinski definition) is 1. The topological polar surface area (TPSA) is 44.8 Å². The van der Waals surface area contributed by atoms with Crippen LogP contribution in [0.4, 0.5) is 0 Å². The number of likely N-dealkylation sites (N-methyl/N-ethyl adjacent to an activating group) is 1. The predicted molar refractivity (Wildman–Crippen MR) is 81.9 cm³/mol. The van der Waals surface area contributed by atoms with E-state index in [2.05, 4.69) is 29.0 Å². The summed E-state index contributed by atoms with van der Waals surface area (Å²) in [4.78, 5) is 16.6. The van der Waals surface area contributed by atoms with Gasteiger partial charge < -0.3 is 15.0 Å². The second-order valence-electron chi connectivity index (χ2n) is 5.56. The molecule has 20 heavy (non-hydrogen) atoms. The van der Waals surface area contributed by atoms with Gasteiger partial charge >= 0.3 is 5.97 Å². The van der Waals surface area contributed by atoms with Crippen LogP contribution in [0.25, 0.3) is 0 Å². The second-order valence-corrected chi connectivity index (χ2v) is 5.56. The Labute approximate surface area is 123 Å². The van der Waals surface area contributed by atoms with E-state index in [9.17, 15) is 4.79 Å². The molecule has 5 heteroatoms. The molecular weight excluding hydrogens is 254 g/mol. The minimum atomic E-state index is -0.169. The van der Waals surface area contributed by atoms with E-state index in [0.29, 0.717) is 6.04 Å². The number of esters is 1. The first-order chi connectivity index (χ1) is 9.62. The third-order valence-corrected chi connectivity index (χ3v) is 4.29. The van der Waals surface area contributed by atoms with Gasteiger partial charge in [0.25, 0.3) is 0 Å². The summed E-state index contributed by atoms with van der Waals surface area (Å²) in [5.41, 5.74) is 0. The lowest BCUT2D eigenvalue weighted by molar-refractivity contribution is -0.143. The van der Waals surface area contributed by atoms with Crippen molar-refractivity contribution in [1.29, 1.82) is 0 Å². The lowest BCUT2D eigenvalue weighted by Gasteiger charge is -2.38. The van der Waals surface area contributed by atoms with E-state index >= 15 is 0 Å². The first-order valence-electron chi connectivity index (χ1n) is 7.89. The zero-order valence-electron chi connectivity index (χ0n) is 13.5. The van der Waals surface area contributed by atoms with Crippen molar-refractivity contribution in [1.82, 2.24) is 15.1 Å². The fraction of sp³-hybridized carbons (Fsp3) is 0.933. The Kier molecular flexibility index (Phi) is 8.11. The highest BCUT2D eigenvalue weighted by Gasteiger charge is 2.22. The molecule has 1 heterocycles. The smallest absolute Gasteiger partial charge is 0.322 e. The minimum Gasteiger partial charge on any atom is -0.468 e. The van der Waals surface area contributed by atoms with Gasteiger partial charge in [0.1, 0.15) is 6.04 Å². The Hall–Kier alpha value is -0.650. The van der Waals surface area contributed by atoms with Gasteiger partial charge in [-0.15, -0.1) is 0 Å². The molecular formula is C15H31N3O2. The molecule has 0 amide bonds. The normalized spacial score (nSPS) is 20.6. The van der Waals surface area contributed by atoms with Crippen molar-refractivity contribution in [3.63, 3.8) is 0 Å². The number of carbonyl (C=O) groups is 1. The molecule has 0 aromatic heterocycles. The van der Waals surface area contributed by atoms with Crippen LogP contribution in [0.2, 0.25) is 0 Å². The van der Waals surface area contributed by atoms with Gasteiger partial charge in [-0.2, -0.15) is 0 Å². The van der Waals surface area contributed by atoms with E-state index in [0.717, 1.165) is 45.7 Å². The molecule has 0 radical (unpaired) electrons. The van der Waals surface area contributed by atoms with Crippen LogP contribution < -0.4 is 5.32 Å². The van der Waals surface area contributed by atoms with Crippen molar-refractivity contribution in [3.05, 3.63) is 0 Å². The average Bonchev–Trinajstić information content (AvgIpc) is 2.50. The fourth-order valence-corrected chi connectivity index (χ4v) is 2.69. The number of methoxy groups -OCH3 is 1. The highest BCUT2D eigenvalue weighted by Crippen LogP contribution is 2.09. The predicted octanol–water partition coefficient (Wildman–Crippen LogP) is 0.944. The molecule has 2 unspecified atom stereocenters. The van der Waals surface area contributed by atoms with E-state index in [1.807, 2.05) is 6.92 Å². The van der Waals surface area contributed by atoms with Crippen LogP contribution in [0.3, 0.4) is 0 Å². The van der Waals surface area contributed by atoms with Gasteiger partial charge in [0, 0.05) is 38.8 Å². The van der Waals surface area contributed by atoms with Crippen LogP contribution >= 0.6 is 0 Å². The summed E-state index contributed by atoms with van der Waals surface area (Å²) in [7, 11) is 1.46. The lowest BCUT2D eigenvalue weighted by Crippen LogP contribution is -2.50. The molecule has 2 atom stereocenters. The van der Waals surface area contributed by atoms with Gasteiger partial charge in [-0.1, -0.05) is 13.8 Å². The van der Waals surface area contributed by atoms with Gasteiger partial charge in [0.2, 0.25) is 0 Å². The molecule has 0 aliphatic carbocycles. The van der Waals surface area contributed by atoms with Crippen LogP contribution in [0, 0.1) is 0 Å². The minimum absolute atomic E-state index is 0.148. The SMILES string of the molecule is CCNC(CCN1CCN(C(C)CC)CC1)C(=O)OC. The van der Waals surface area contributed by atoms with E-state index in [-0.39, 0.29) is 12.0 Å². The monoisotopic (exact) mass is 285 g/mol. The summed E-state index contributed by atoms with van der Waals surface area (Å²) >= 11 is 0. The van der Waals surface area contributed by atoms with Gasteiger partial charge in [-0.25, -0.2) is 0 Å². The summed E-state index contributed by atoms with van der Waals surface area (Å²) in [6, 6.07) is 0.513. The average molecular weight is 285 g/mol. The number of carbonyl (C=O) groups excluding carboxylic acids is 1. The highest BCUT2D eigenvalue weighted by molar-refractivity contribution is 5.75. The van der Waals surface area contributed by atoms with Crippen molar-refractivity contribution in [2.24, 2.45) is 0 Å². The molecule has 1 rings (SSSR count). The summed E-state index contributed by atoms with van der Waals surface area (Å²) in [5.74, 6) is -0.148. The van der Waals surface area contributed by atoms with E-state index in [1.165, 1.54) is 13.5 Å². The maximum atomic E-state index is 11.6. The number of nitrogens with zero attached hydrogens (tertiary/aromatic N) is 2. The molecule has 1 saturated heterocycles. The number of rotatable bonds is 8. The standard InChI is InChI=1S/C15H31N3O2/c1-5-13(3)18-11-9-17(10-12-18)8-7-14(16-6-2)15(19)20-4/h13-14,16H,5-12H2,1-4H3. The second kappa shape index (κ2) is 9.32. The molecule has 5 nitrogen and oxygen atoms in total. The lowest BCUT2D eigenvalue weighted by atomic mass is 10.1. The summed E-state index contributed by atoms with van der Waals surface area (Å²) in [5, 5.41) is 3.20. The summed E-state index contributed by atoms with van der Waals surface area (Å²) in [6.45, 7) is 12.8. The fourth-order valence-electron chi connectivity index (χ4n) is 2.69. The molecule has 1 fully saturated rings. The molecule has 0 aromatic carbocycles. The first-order valence-corrected chi connectivity index (χ1v) is 7.89. The third kappa shape index (κ3) is 5.38. The van der Waals surface area contributed by atoms with E-state index in [4.69, 9.17) is 4.74 Å². The van der Waals surface area contributed by atoms with Crippen LogP contribution in [0.15, 0.2) is 0 Å². The Morgan fingerprint density at radius 3 is 2.40 bits per heavy atom. The molecule has 0 aromatic rings. The van der Waals surface area contributed by atoms with Gasteiger partial charge in [0.05, 0.1) is 7.11 Å². The molecule has 0 spiro atoms. The van der Waals surface area contributed by atoms with Gasteiger partial charge in [-0.3, -0.25) is 9.69 Å². The van der Waals surface area contributed by atoms with Crippen molar-refractivity contribution >= 4 is 5.97 Å². The Morgan fingerprint density at radius 1 is 1.25 bits per heavy atom. The maximum Gasteiger partial charge on any atom is 0.322 e. The zero-order chi connectivity index (χ0) is 15.0. The molecule has 0 bridgehead atoms. The number of ether oxygens (including phenoxy) is 1. The van der Waals surface area contributed by atoms with Crippen LogP contribution in [0.1, 0.15) is 33.6 Å². The molecule has 1 aliphatic heterocycles. The van der Waals surface area contributed by atoms with Crippen molar-refractivity contribution in [2.45, 2.75) is 45.7 Å². The molecule has 118 valence electrons. The Bertz CT molecular complexity index is 278. The molecule has 1 aliphatic rings. The third-order valence-electron chi connectivity index (χ3n) is 4.29. The van der Waals surface area contributed by atoms with E-state index in [1.54, 1.807) is 0 Å². The van der Waals surface area contributed by atoms with Crippen molar-refractivity contribution in [2.75, 3.05) is 46.4 Å². The summed E-state index contributed by atoms with van der Waals surface area (Å²) in [6.07, 6.45) is 2.04. The maximum absolute atomic E-state index is 11.6. The van der Waals surface area contributed by atoms with Gasteiger partial charge in [-0.05, 0) is 26.3 Å². The van der Waals surface area contributed by atoms with E-state index < -0.39 is 0 Å². The van der Waals surface area contributed by atoms with Crippen LogP contribution in [-0.2, 0) is 9.53 Å². The van der Waals surface area contributed by atoms with Crippen molar-refractivity contribution < 1.29 is 9.53 Å². The number of piperazine rings is 1. The van der Waals surface area contributed by atoms with Crippen molar-refractivity contribution in [3.8, 4) is 0 Å². The largest absolute Gasteiger partial charge is 0.468 e.